The van der Waals surface area contributed by atoms with Gasteiger partial charge in [-0.3, -0.25) is 9.59 Å². The van der Waals surface area contributed by atoms with E-state index < -0.39 is 0 Å². The lowest BCUT2D eigenvalue weighted by Crippen LogP contribution is -2.37. The zero-order valence-electron chi connectivity index (χ0n) is 20.2. The molecular formula is C28H33N3O3. The van der Waals surface area contributed by atoms with Crippen LogP contribution < -0.4 is 4.90 Å². The Labute approximate surface area is 201 Å². The molecule has 2 amide bonds. The fourth-order valence-electron chi connectivity index (χ4n) is 4.35. The molecule has 34 heavy (non-hydrogen) atoms. The van der Waals surface area contributed by atoms with Gasteiger partial charge < -0.3 is 19.1 Å². The van der Waals surface area contributed by atoms with Gasteiger partial charge in [0.25, 0.3) is 0 Å². The van der Waals surface area contributed by atoms with E-state index in [2.05, 4.69) is 43.3 Å². The zero-order valence-corrected chi connectivity index (χ0v) is 20.2. The fourth-order valence-corrected chi connectivity index (χ4v) is 4.35. The van der Waals surface area contributed by atoms with Crippen LogP contribution in [-0.4, -0.2) is 48.8 Å². The minimum Gasteiger partial charge on any atom is -0.467 e. The molecule has 0 N–H and O–H groups in total. The molecule has 2 aromatic carbocycles. The summed E-state index contributed by atoms with van der Waals surface area (Å²) >= 11 is 0. The highest BCUT2D eigenvalue weighted by Gasteiger charge is 2.36. The Bertz CT molecular complexity index is 1090. The number of amides is 2. The van der Waals surface area contributed by atoms with Gasteiger partial charge in [0.2, 0.25) is 11.8 Å². The van der Waals surface area contributed by atoms with Gasteiger partial charge in [0.1, 0.15) is 5.76 Å². The van der Waals surface area contributed by atoms with Crippen LogP contribution in [0.5, 0.6) is 0 Å². The van der Waals surface area contributed by atoms with E-state index in [1.165, 1.54) is 11.1 Å². The number of carbonyl (C=O) groups is 2. The molecule has 1 aromatic heterocycles. The number of rotatable bonds is 9. The van der Waals surface area contributed by atoms with Crippen molar-refractivity contribution < 1.29 is 14.0 Å². The highest BCUT2D eigenvalue weighted by atomic mass is 16.3. The van der Waals surface area contributed by atoms with Gasteiger partial charge >= 0.3 is 0 Å². The number of likely N-dealkylation sites (tertiary alicyclic amines) is 1. The van der Waals surface area contributed by atoms with Gasteiger partial charge in [0.05, 0.1) is 18.7 Å². The zero-order chi connectivity index (χ0) is 24.1. The van der Waals surface area contributed by atoms with Crippen LogP contribution in [0.2, 0.25) is 0 Å². The van der Waals surface area contributed by atoms with E-state index in [0.29, 0.717) is 26.2 Å². The van der Waals surface area contributed by atoms with Gasteiger partial charge in [0.15, 0.2) is 0 Å². The quantitative estimate of drug-likeness (QED) is 0.479. The molecular weight excluding hydrogens is 426 g/mol. The van der Waals surface area contributed by atoms with Crippen molar-refractivity contribution in [3.63, 3.8) is 0 Å². The molecule has 6 nitrogen and oxygen atoms in total. The van der Waals surface area contributed by atoms with E-state index in [1.54, 1.807) is 6.26 Å². The SMILES string of the molecule is Cc1ccc(CCN2CC(C(=O)N(Cc3ccc(N(C)C)cc3)Cc3ccco3)CC2=O)cc1. The Balaban J connectivity index is 1.42. The van der Waals surface area contributed by atoms with Crippen molar-refractivity contribution in [2.75, 3.05) is 32.1 Å². The summed E-state index contributed by atoms with van der Waals surface area (Å²) in [5, 5.41) is 0. The summed E-state index contributed by atoms with van der Waals surface area (Å²) in [6.07, 6.45) is 2.68. The minimum absolute atomic E-state index is 0.000674. The second-order valence-corrected chi connectivity index (χ2v) is 9.31. The van der Waals surface area contributed by atoms with Gasteiger partial charge in [-0.2, -0.15) is 0 Å². The molecule has 3 aromatic rings. The van der Waals surface area contributed by atoms with Gasteiger partial charge in [-0.1, -0.05) is 42.0 Å². The highest BCUT2D eigenvalue weighted by molar-refractivity contribution is 5.89. The summed E-state index contributed by atoms with van der Waals surface area (Å²) in [5.41, 5.74) is 4.58. The van der Waals surface area contributed by atoms with Crippen LogP contribution in [0.1, 0.15) is 28.9 Å². The van der Waals surface area contributed by atoms with E-state index >= 15 is 0 Å². The Morgan fingerprint density at radius 2 is 1.71 bits per heavy atom. The molecule has 1 aliphatic rings. The largest absolute Gasteiger partial charge is 0.467 e. The third-order valence-electron chi connectivity index (χ3n) is 6.42. The smallest absolute Gasteiger partial charge is 0.228 e. The van der Waals surface area contributed by atoms with E-state index in [0.717, 1.165) is 23.4 Å². The standard InChI is InChI=1S/C28H33N3O3/c1-21-6-8-22(9-7-21)14-15-30-19-24(17-27(30)32)28(33)31(20-26-5-4-16-34-26)18-23-10-12-25(13-11-23)29(2)3/h4-13,16,24H,14-15,17-20H2,1-3H3. The second kappa shape index (κ2) is 10.6. The van der Waals surface area contributed by atoms with Crippen LogP contribution in [0.15, 0.2) is 71.3 Å². The predicted octanol–water partition coefficient (Wildman–Crippen LogP) is 4.27. The highest BCUT2D eigenvalue weighted by Crippen LogP contribution is 2.24. The lowest BCUT2D eigenvalue weighted by atomic mass is 10.1. The Kier molecular flexibility index (Phi) is 7.36. The lowest BCUT2D eigenvalue weighted by Gasteiger charge is -2.25. The molecule has 0 radical (unpaired) electrons. The van der Waals surface area contributed by atoms with Crippen molar-refractivity contribution >= 4 is 17.5 Å². The molecule has 1 aliphatic heterocycles. The van der Waals surface area contributed by atoms with Crippen LogP contribution in [-0.2, 0) is 29.1 Å². The first-order chi connectivity index (χ1) is 16.4. The van der Waals surface area contributed by atoms with Crippen LogP contribution in [0.25, 0.3) is 0 Å². The summed E-state index contributed by atoms with van der Waals surface area (Å²) in [7, 11) is 4.01. The van der Waals surface area contributed by atoms with Crippen LogP contribution in [0.3, 0.4) is 0 Å². The molecule has 1 unspecified atom stereocenters. The molecule has 6 heteroatoms. The Morgan fingerprint density at radius 1 is 1.00 bits per heavy atom. The molecule has 0 saturated carbocycles. The summed E-state index contributed by atoms with van der Waals surface area (Å²) in [4.78, 5) is 31.9. The van der Waals surface area contributed by atoms with Crippen molar-refractivity contribution in [2.45, 2.75) is 32.9 Å². The average Bonchev–Trinajstić information content (AvgIpc) is 3.47. The van der Waals surface area contributed by atoms with E-state index in [1.807, 2.05) is 53.1 Å². The maximum absolute atomic E-state index is 13.6. The lowest BCUT2D eigenvalue weighted by molar-refractivity contribution is -0.137. The molecule has 1 fully saturated rings. The van der Waals surface area contributed by atoms with Crippen molar-refractivity contribution in [1.82, 2.24) is 9.80 Å². The summed E-state index contributed by atoms with van der Waals surface area (Å²) in [6, 6.07) is 20.3. The molecule has 0 bridgehead atoms. The second-order valence-electron chi connectivity index (χ2n) is 9.31. The van der Waals surface area contributed by atoms with Crippen molar-refractivity contribution in [2.24, 2.45) is 5.92 Å². The van der Waals surface area contributed by atoms with E-state index in [-0.39, 0.29) is 24.2 Å². The van der Waals surface area contributed by atoms with E-state index in [9.17, 15) is 9.59 Å². The molecule has 1 atom stereocenters. The molecule has 2 heterocycles. The number of carbonyl (C=O) groups excluding carboxylic acids is 2. The maximum Gasteiger partial charge on any atom is 0.228 e. The third kappa shape index (κ3) is 5.87. The van der Waals surface area contributed by atoms with Crippen LogP contribution in [0, 0.1) is 12.8 Å². The van der Waals surface area contributed by atoms with Gasteiger partial charge in [-0.05, 0) is 48.7 Å². The molecule has 0 spiro atoms. The van der Waals surface area contributed by atoms with E-state index in [4.69, 9.17) is 4.42 Å². The van der Waals surface area contributed by atoms with Crippen LogP contribution in [0.4, 0.5) is 5.69 Å². The Hall–Kier alpha value is -3.54. The van der Waals surface area contributed by atoms with Gasteiger partial charge in [-0.25, -0.2) is 0 Å². The topological polar surface area (TPSA) is 57.0 Å². The summed E-state index contributed by atoms with van der Waals surface area (Å²) in [5.74, 6) is 0.457. The van der Waals surface area contributed by atoms with Crippen molar-refractivity contribution in [1.29, 1.82) is 0 Å². The third-order valence-corrected chi connectivity index (χ3v) is 6.42. The van der Waals surface area contributed by atoms with Crippen LogP contribution >= 0.6 is 0 Å². The number of furan rings is 1. The first-order valence-electron chi connectivity index (χ1n) is 11.8. The number of anilines is 1. The summed E-state index contributed by atoms with van der Waals surface area (Å²) in [6.45, 7) is 4.03. The fraction of sp³-hybridized carbons (Fsp3) is 0.357. The van der Waals surface area contributed by atoms with Crippen molar-refractivity contribution in [3.8, 4) is 0 Å². The molecule has 4 rings (SSSR count). The van der Waals surface area contributed by atoms with Gasteiger partial charge in [0, 0.05) is 45.8 Å². The maximum atomic E-state index is 13.6. The first kappa shape index (κ1) is 23.6. The average molecular weight is 460 g/mol. The van der Waals surface area contributed by atoms with Gasteiger partial charge in [-0.15, -0.1) is 0 Å². The molecule has 0 aliphatic carbocycles. The minimum atomic E-state index is -0.332. The monoisotopic (exact) mass is 459 g/mol. The number of benzene rings is 2. The number of aryl methyl sites for hydroxylation is 1. The Morgan fingerprint density at radius 3 is 2.35 bits per heavy atom. The predicted molar refractivity (Wildman–Crippen MR) is 133 cm³/mol. The first-order valence-corrected chi connectivity index (χ1v) is 11.8. The number of hydrogen-bond donors (Lipinski definition) is 0. The number of hydrogen-bond acceptors (Lipinski definition) is 4. The number of nitrogens with zero attached hydrogens (tertiary/aromatic N) is 3. The molecule has 178 valence electrons. The normalized spacial score (nSPS) is 15.6. The van der Waals surface area contributed by atoms with Crippen molar-refractivity contribution in [3.05, 3.63) is 89.4 Å². The summed E-state index contributed by atoms with van der Waals surface area (Å²) < 4.78 is 5.53. The molecule has 1 saturated heterocycles.